The van der Waals surface area contributed by atoms with Gasteiger partial charge in [0.2, 0.25) is 5.91 Å². The van der Waals surface area contributed by atoms with Crippen molar-refractivity contribution in [2.24, 2.45) is 17.6 Å². The molecule has 0 unspecified atom stereocenters. The lowest BCUT2D eigenvalue weighted by atomic mass is 9.94. The number of halogens is 1. The lowest BCUT2D eigenvalue weighted by Gasteiger charge is -2.27. The highest BCUT2D eigenvalue weighted by molar-refractivity contribution is 6.31. The van der Waals surface area contributed by atoms with Crippen molar-refractivity contribution < 1.29 is 4.79 Å². The Morgan fingerprint density at radius 1 is 1.40 bits per heavy atom. The predicted octanol–water partition coefficient (Wildman–Crippen LogP) is 3.06. The van der Waals surface area contributed by atoms with E-state index in [1.807, 2.05) is 36.1 Å². The van der Waals surface area contributed by atoms with Gasteiger partial charge in [-0.3, -0.25) is 4.79 Å². The minimum absolute atomic E-state index is 0.0995. The summed E-state index contributed by atoms with van der Waals surface area (Å²) < 4.78 is 0. The molecule has 3 nitrogen and oxygen atoms in total. The highest BCUT2D eigenvalue weighted by Gasteiger charge is 2.34. The monoisotopic (exact) mass is 294 g/mol. The first kappa shape index (κ1) is 15.3. The third-order valence-electron chi connectivity index (χ3n) is 4.29. The number of carbonyl (C=O) groups excluding carboxylic acids is 1. The van der Waals surface area contributed by atoms with Crippen LogP contribution in [0, 0.1) is 11.8 Å². The van der Waals surface area contributed by atoms with E-state index in [0.29, 0.717) is 25.6 Å². The fourth-order valence-electron chi connectivity index (χ4n) is 3.06. The fraction of sp³-hybridized carbons (Fsp3) is 0.562. The van der Waals surface area contributed by atoms with Crippen LogP contribution in [0.2, 0.25) is 5.02 Å². The van der Waals surface area contributed by atoms with E-state index < -0.39 is 0 Å². The summed E-state index contributed by atoms with van der Waals surface area (Å²) in [5, 5.41) is 0.723. The average molecular weight is 295 g/mol. The fourth-order valence-corrected chi connectivity index (χ4v) is 3.25. The van der Waals surface area contributed by atoms with Crippen molar-refractivity contribution in [3.63, 3.8) is 0 Å². The van der Waals surface area contributed by atoms with Gasteiger partial charge < -0.3 is 10.6 Å². The molecule has 1 aromatic carbocycles. The van der Waals surface area contributed by atoms with Gasteiger partial charge in [0.15, 0.2) is 0 Å². The van der Waals surface area contributed by atoms with E-state index in [1.54, 1.807) is 0 Å². The van der Waals surface area contributed by atoms with Crippen LogP contribution in [0.4, 0.5) is 0 Å². The molecule has 20 heavy (non-hydrogen) atoms. The standard InChI is InChI=1S/C16H23ClN2O/c1-2-19(11-13-6-3-4-9-15(13)17)16(20)14-8-5-7-12(14)10-18/h3-4,6,9,12,14H,2,5,7-8,10-11,18H2,1H3/t12-,14-/m1/s1. The maximum Gasteiger partial charge on any atom is 0.226 e. The highest BCUT2D eigenvalue weighted by Crippen LogP contribution is 2.33. The summed E-state index contributed by atoms with van der Waals surface area (Å²) in [6.45, 7) is 3.92. The SMILES string of the molecule is CCN(Cc1ccccc1Cl)C(=O)[C@@H]1CCC[C@@H]1CN. The smallest absolute Gasteiger partial charge is 0.226 e. The quantitative estimate of drug-likeness (QED) is 0.907. The van der Waals surface area contributed by atoms with E-state index in [4.69, 9.17) is 17.3 Å². The van der Waals surface area contributed by atoms with Crippen LogP contribution < -0.4 is 5.73 Å². The van der Waals surface area contributed by atoms with Crippen molar-refractivity contribution in [2.45, 2.75) is 32.7 Å². The molecule has 1 amide bonds. The molecular weight excluding hydrogens is 272 g/mol. The Labute approximate surface area is 126 Å². The zero-order chi connectivity index (χ0) is 14.5. The molecule has 0 heterocycles. The van der Waals surface area contributed by atoms with Crippen molar-refractivity contribution >= 4 is 17.5 Å². The summed E-state index contributed by atoms with van der Waals surface area (Å²) in [4.78, 5) is 14.6. The number of carbonyl (C=O) groups is 1. The summed E-state index contributed by atoms with van der Waals surface area (Å²) in [5.41, 5.74) is 6.79. The molecule has 110 valence electrons. The second kappa shape index (κ2) is 7.09. The first-order valence-corrected chi connectivity index (χ1v) is 7.77. The number of nitrogens with two attached hydrogens (primary N) is 1. The number of rotatable bonds is 5. The van der Waals surface area contributed by atoms with Crippen molar-refractivity contribution in [1.82, 2.24) is 4.90 Å². The van der Waals surface area contributed by atoms with Gasteiger partial charge in [-0.05, 0) is 43.9 Å². The van der Waals surface area contributed by atoms with Crippen LogP contribution in [-0.4, -0.2) is 23.9 Å². The summed E-state index contributed by atoms with van der Waals surface area (Å²) in [6, 6.07) is 7.71. The third kappa shape index (κ3) is 3.33. The molecule has 1 fully saturated rings. The van der Waals surface area contributed by atoms with Gasteiger partial charge in [0, 0.05) is 24.0 Å². The molecule has 0 spiro atoms. The molecule has 2 N–H and O–H groups in total. The Kier molecular flexibility index (Phi) is 5.44. The van der Waals surface area contributed by atoms with Crippen molar-refractivity contribution in [3.8, 4) is 0 Å². The molecule has 1 aliphatic rings. The Bertz CT molecular complexity index is 464. The van der Waals surface area contributed by atoms with Crippen molar-refractivity contribution in [3.05, 3.63) is 34.9 Å². The lowest BCUT2D eigenvalue weighted by molar-refractivity contribution is -0.137. The highest BCUT2D eigenvalue weighted by atomic mass is 35.5. The van der Waals surface area contributed by atoms with Crippen LogP contribution in [0.1, 0.15) is 31.7 Å². The molecule has 0 aromatic heterocycles. The summed E-state index contributed by atoms with van der Waals surface area (Å²) in [5.74, 6) is 0.686. The van der Waals surface area contributed by atoms with Gasteiger partial charge in [-0.1, -0.05) is 36.2 Å². The molecule has 2 atom stereocenters. The molecule has 4 heteroatoms. The van der Waals surface area contributed by atoms with Gasteiger partial charge >= 0.3 is 0 Å². The second-order valence-corrected chi connectivity index (χ2v) is 5.88. The minimum Gasteiger partial charge on any atom is -0.338 e. The van der Waals surface area contributed by atoms with Gasteiger partial charge in [0.05, 0.1) is 0 Å². The Morgan fingerprint density at radius 2 is 2.15 bits per heavy atom. The van der Waals surface area contributed by atoms with E-state index in [1.165, 1.54) is 0 Å². The number of nitrogens with zero attached hydrogens (tertiary/aromatic N) is 1. The molecule has 0 radical (unpaired) electrons. The first-order chi connectivity index (χ1) is 9.67. The van der Waals surface area contributed by atoms with E-state index in [9.17, 15) is 4.79 Å². The molecule has 1 aromatic rings. The van der Waals surface area contributed by atoms with E-state index in [-0.39, 0.29) is 11.8 Å². The number of hydrogen-bond donors (Lipinski definition) is 1. The minimum atomic E-state index is 0.0995. The Balaban J connectivity index is 2.08. The second-order valence-electron chi connectivity index (χ2n) is 5.48. The number of amides is 1. The van der Waals surface area contributed by atoms with Crippen LogP contribution in [0.3, 0.4) is 0 Å². The summed E-state index contributed by atoms with van der Waals surface area (Å²) in [7, 11) is 0. The van der Waals surface area contributed by atoms with E-state index in [2.05, 4.69) is 0 Å². The van der Waals surface area contributed by atoms with Crippen molar-refractivity contribution in [2.75, 3.05) is 13.1 Å². The Hall–Kier alpha value is -1.06. The van der Waals surface area contributed by atoms with Crippen LogP contribution in [0.5, 0.6) is 0 Å². The molecule has 0 aliphatic heterocycles. The van der Waals surface area contributed by atoms with Crippen molar-refractivity contribution in [1.29, 1.82) is 0 Å². The van der Waals surface area contributed by atoms with E-state index >= 15 is 0 Å². The Morgan fingerprint density at radius 3 is 2.80 bits per heavy atom. The van der Waals surface area contributed by atoms with Gasteiger partial charge in [-0.2, -0.15) is 0 Å². The zero-order valence-corrected chi connectivity index (χ0v) is 12.8. The molecule has 0 bridgehead atoms. The summed E-state index contributed by atoms with van der Waals surface area (Å²) in [6.07, 6.45) is 3.16. The van der Waals surface area contributed by atoms with E-state index in [0.717, 1.165) is 29.8 Å². The van der Waals surface area contributed by atoms with Gasteiger partial charge in [-0.25, -0.2) is 0 Å². The maximum atomic E-state index is 12.7. The van der Waals surface area contributed by atoms with Crippen LogP contribution in [-0.2, 0) is 11.3 Å². The largest absolute Gasteiger partial charge is 0.338 e. The molecule has 0 saturated heterocycles. The maximum absolute atomic E-state index is 12.7. The number of hydrogen-bond acceptors (Lipinski definition) is 2. The van der Waals surface area contributed by atoms with Gasteiger partial charge in [-0.15, -0.1) is 0 Å². The van der Waals surface area contributed by atoms with Crippen LogP contribution in [0.25, 0.3) is 0 Å². The lowest BCUT2D eigenvalue weighted by Crippen LogP contribution is -2.38. The van der Waals surface area contributed by atoms with Crippen LogP contribution in [0.15, 0.2) is 24.3 Å². The third-order valence-corrected chi connectivity index (χ3v) is 4.66. The normalized spacial score (nSPS) is 21.9. The molecular formula is C16H23ClN2O. The predicted molar refractivity (Wildman–Crippen MR) is 82.4 cm³/mol. The van der Waals surface area contributed by atoms with Crippen LogP contribution >= 0.6 is 11.6 Å². The first-order valence-electron chi connectivity index (χ1n) is 7.39. The molecule has 1 saturated carbocycles. The van der Waals surface area contributed by atoms with Gasteiger partial charge in [0.1, 0.15) is 0 Å². The molecule has 1 aliphatic carbocycles. The topological polar surface area (TPSA) is 46.3 Å². The summed E-state index contributed by atoms with van der Waals surface area (Å²) >= 11 is 6.19. The zero-order valence-electron chi connectivity index (χ0n) is 12.0. The number of benzene rings is 1. The molecule has 2 rings (SSSR count). The van der Waals surface area contributed by atoms with Gasteiger partial charge in [0.25, 0.3) is 0 Å². The average Bonchev–Trinajstić information content (AvgIpc) is 2.94.